The van der Waals surface area contributed by atoms with Gasteiger partial charge in [0.15, 0.2) is 0 Å². The first-order chi connectivity index (χ1) is 14.2. The minimum Gasteiger partial charge on any atom is -0.488 e. The zero-order valence-corrected chi connectivity index (χ0v) is 17.7. The van der Waals surface area contributed by atoms with Gasteiger partial charge in [0.25, 0.3) is 0 Å². The number of carbonyl (C=O) groups is 1. The van der Waals surface area contributed by atoms with Crippen LogP contribution in [0, 0.1) is 17.2 Å². The van der Waals surface area contributed by atoms with Gasteiger partial charge in [-0.25, -0.2) is 4.79 Å². The third kappa shape index (κ3) is 4.54. The van der Waals surface area contributed by atoms with E-state index in [1.54, 1.807) is 25.3 Å². The van der Waals surface area contributed by atoms with E-state index >= 15 is 0 Å². The number of carbonyl (C=O) groups excluding carboxylic acids is 1. The van der Waals surface area contributed by atoms with Crippen LogP contribution in [0.5, 0.6) is 5.75 Å². The summed E-state index contributed by atoms with van der Waals surface area (Å²) in [6.07, 6.45) is 3.45. The molecule has 0 saturated heterocycles. The molecule has 7 nitrogen and oxygen atoms in total. The Morgan fingerprint density at radius 2 is 2.10 bits per heavy atom. The highest BCUT2D eigenvalue weighted by molar-refractivity contribution is 5.92. The Kier molecular flexibility index (Phi) is 5.97. The van der Waals surface area contributed by atoms with Crippen LogP contribution in [-0.4, -0.2) is 27.9 Å². The molecule has 0 bridgehead atoms. The highest BCUT2D eigenvalue weighted by Crippen LogP contribution is 2.32. The van der Waals surface area contributed by atoms with Crippen LogP contribution in [0.15, 0.2) is 42.7 Å². The van der Waals surface area contributed by atoms with E-state index in [1.807, 2.05) is 49.9 Å². The maximum absolute atomic E-state index is 11.3. The number of aromatic nitrogens is 2. The molecule has 1 amide bonds. The number of benzene rings is 1. The summed E-state index contributed by atoms with van der Waals surface area (Å²) in [5.74, 6) is 0.705. The number of nitriles is 1. The second-order valence-corrected chi connectivity index (χ2v) is 8.10. The molecule has 7 heteroatoms. The van der Waals surface area contributed by atoms with Gasteiger partial charge in [-0.3, -0.25) is 4.98 Å². The number of aryl methyl sites for hydroxylation is 1. The molecule has 0 spiro atoms. The van der Waals surface area contributed by atoms with Crippen LogP contribution in [0.2, 0.25) is 0 Å². The van der Waals surface area contributed by atoms with Crippen LogP contribution in [0.4, 0.5) is 4.79 Å². The molecule has 2 aromatic heterocycles. The summed E-state index contributed by atoms with van der Waals surface area (Å²) in [5.41, 5.74) is 8.52. The number of ether oxygens (including phenoxy) is 2. The predicted molar refractivity (Wildman–Crippen MR) is 115 cm³/mol. The zero-order valence-electron chi connectivity index (χ0n) is 17.7. The number of amides is 1. The lowest BCUT2D eigenvalue weighted by Crippen LogP contribution is -2.41. The van der Waals surface area contributed by atoms with E-state index in [9.17, 15) is 10.1 Å². The molecule has 0 aliphatic rings. The van der Waals surface area contributed by atoms with Crippen molar-refractivity contribution in [2.45, 2.75) is 32.8 Å². The van der Waals surface area contributed by atoms with Gasteiger partial charge in [0.05, 0.1) is 16.6 Å². The number of hydrogen-bond donors (Lipinski definition) is 1. The van der Waals surface area contributed by atoms with Crippen LogP contribution in [0.3, 0.4) is 0 Å². The largest absolute Gasteiger partial charge is 0.488 e. The first-order valence-electron chi connectivity index (χ1n) is 9.78. The lowest BCUT2D eigenvalue weighted by atomic mass is 9.95. The van der Waals surface area contributed by atoms with Crippen molar-refractivity contribution in [2.75, 3.05) is 6.61 Å². The van der Waals surface area contributed by atoms with E-state index < -0.39 is 11.7 Å². The minimum absolute atomic E-state index is 0.0967. The van der Waals surface area contributed by atoms with Gasteiger partial charge in [-0.15, -0.1) is 0 Å². The van der Waals surface area contributed by atoms with Gasteiger partial charge in [0.1, 0.15) is 24.0 Å². The summed E-state index contributed by atoms with van der Waals surface area (Å²) in [6, 6.07) is 11.6. The summed E-state index contributed by atoms with van der Waals surface area (Å²) in [5, 5.41) is 9.69. The average Bonchev–Trinajstić information content (AvgIpc) is 3.06. The van der Waals surface area contributed by atoms with Crippen LogP contribution in [-0.2, 0) is 11.8 Å². The summed E-state index contributed by atoms with van der Waals surface area (Å²) >= 11 is 0. The fourth-order valence-corrected chi connectivity index (χ4v) is 3.83. The lowest BCUT2D eigenvalue weighted by molar-refractivity contribution is -0.0186. The van der Waals surface area contributed by atoms with Crippen molar-refractivity contribution in [3.05, 3.63) is 48.3 Å². The standard InChI is InChI=1S/C23H26N4O3/c1-15(2)12-23(3,30-22(25)28)14-29-20-6-5-16(11-17(20)13-24)18-7-9-26-19-8-10-27(4)21(18)19/h5-11,15H,12,14H2,1-4H3,(H2,25,28). The fraction of sp³-hybridized carbons (Fsp3) is 0.348. The van der Waals surface area contributed by atoms with Crippen molar-refractivity contribution in [2.24, 2.45) is 18.7 Å². The molecule has 1 unspecified atom stereocenters. The van der Waals surface area contributed by atoms with Gasteiger partial charge < -0.3 is 19.8 Å². The van der Waals surface area contributed by atoms with E-state index in [-0.39, 0.29) is 12.5 Å². The molecule has 3 aromatic rings. The quantitative estimate of drug-likeness (QED) is 0.627. The monoisotopic (exact) mass is 406 g/mol. The first-order valence-corrected chi connectivity index (χ1v) is 9.78. The molecule has 156 valence electrons. The highest BCUT2D eigenvalue weighted by atomic mass is 16.6. The Hall–Kier alpha value is -3.53. The smallest absolute Gasteiger partial charge is 0.405 e. The van der Waals surface area contributed by atoms with Gasteiger partial charge >= 0.3 is 6.09 Å². The number of pyridine rings is 1. The van der Waals surface area contributed by atoms with Crippen molar-refractivity contribution in [3.63, 3.8) is 0 Å². The van der Waals surface area contributed by atoms with E-state index in [0.717, 1.165) is 22.2 Å². The molecule has 2 heterocycles. The fourth-order valence-electron chi connectivity index (χ4n) is 3.83. The second kappa shape index (κ2) is 8.46. The summed E-state index contributed by atoms with van der Waals surface area (Å²) in [7, 11) is 1.96. The topological polar surface area (TPSA) is 103 Å². The molecular weight excluding hydrogens is 380 g/mol. The van der Waals surface area contributed by atoms with Crippen LogP contribution in [0.25, 0.3) is 22.2 Å². The zero-order chi connectivity index (χ0) is 21.9. The van der Waals surface area contributed by atoms with Gasteiger partial charge in [-0.05, 0) is 49.1 Å². The summed E-state index contributed by atoms with van der Waals surface area (Å²) in [6.45, 7) is 5.93. The minimum atomic E-state index is -0.883. The number of nitrogens with zero attached hydrogens (tertiary/aromatic N) is 3. The number of hydrogen-bond acceptors (Lipinski definition) is 5. The van der Waals surface area contributed by atoms with Crippen LogP contribution in [0.1, 0.15) is 32.8 Å². The Morgan fingerprint density at radius 1 is 1.33 bits per heavy atom. The first kappa shape index (κ1) is 21.2. The lowest BCUT2D eigenvalue weighted by Gasteiger charge is -2.30. The maximum atomic E-state index is 11.3. The number of fused-ring (bicyclic) bond motifs is 1. The van der Waals surface area contributed by atoms with Gasteiger partial charge in [0, 0.05) is 25.0 Å². The van der Waals surface area contributed by atoms with Crippen molar-refractivity contribution in [1.29, 1.82) is 5.26 Å². The van der Waals surface area contributed by atoms with E-state index in [0.29, 0.717) is 17.7 Å². The molecule has 0 aliphatic carbocycles. The molecule has 1 atom stereocenters. The van der Waals surface area contributed by atoms with E-state index in [2.05, 4.69) is 11.1 Å². The molecule has 0 saturated carbocycles. The van der Waals surface area contributed by atoms with Gasteiger partial charge in [0.2, 0.25) is 0 Å². The number of primary amides is 1. The average molecular weight is 406 g/mol. The van der Waals surface area contributed by atoms with Crippen molar-refractivity contribution >= 4 is 17.1 Å². The SMILES string of the molecule is CC(C)CC(C)(COc1ccc(-c2ccnc3ccn(C)c23)cc1C#N)OC(N)=O. The third-order valence-electron chi connectivity index (χ3n) is 4.89. The second-order valence-electron chi connectivity index (χ2n) is 8.10. The molecule has 2 N–H and O–H groups in total. The van der Waals surface area contributed by atoms with Crippen LogP contribution >= 0.6 is 0 Å². The van der Waals surface area contributed by atoms with Crippen molar-refractivity contribution < 1.29 is 14.3 Å². The van der Waals surface area contributed by atoms with Crippen molar-refractivity contribution in [1.82, 2.24) is 9.55 Å². The number of rotatable bonds is 7. The Balaban J connectivity index is 1.90. The van der Waals surface area contributed by atoms with E-state index in [1.165, 1.54) is 0 Å². The molecule has 0 radical (unpaired) electrons. The number of nitrogens with two attached hydrogens (primary N) is 1. The van der Waals surface area contributed by atoms with Crippen molar-refractivity contribution in [3.8, 4) is 22.9 Å². The molecule has 0 fully saturated rings. The Bertz CT molecular complexity index is 1110. The molecule has 0 aliphatic heterocycles. The van der Waals surface area contributed by atoms with Crippen LogP contribution < -0.4 is 10.5 Å². The van der Waals surface area contributed by atoms with Gasteiger partial charge in [-0.2, -0.15) is 5.26 Å². The molecule has 30 heavy (non-hydrogen) atoms. The molecular formula is C23H26N4O3. The summed E-state index contributed by atoms with van der Waals surface area (Å²) < 4.78 is 13.2. The predicted octanol–water partition coefficient (Wildman–Crippen LogP) is 4.39. The maximum Gasteiger partial charge on any atom is 0.405 e. The third-order valence-corrected chi connectivity index (χ3v) is 4.89. The Labute approximate surface area is 176 Å². The summed E-state index contributed by atoms with van der Waals surface area (Å²) in [4.78, 5) is 15.7. The highest BCUT2D eigenvalue weighted by Gasteiger charge is 2.31. The molecule has 3 rings (SSSR count). The molecule has 1 aromatic carbocycles. The Morgan fingerprint density at radius 3 is 2.77 bits per heavy atom. The van der Waals surface area contributed by atoms with Gasteiger partial charge in [-0.1, -0.05) is 19.9 Å². The normalized spacial score (nSPS) is 13.1. The van der Waals surface area contributed by atoms with E-state index in [4.69, 9.17) is 15.2 Å².